The Morgan fingerprint density at radius 2 is 1.66 bits per heavy atom. The minimum atomic E-state index is -4.45. The van der Waals surface area contributed by atoms with Crippen molar-refractivity contribution < 1.29 is 22.9 Å². The molecule has 32 heavy (non-hydrogen) atoms. The van der Waals surface area contributed by atoms with Crippen molar-refractivity contribution in [1.82, 2.24) is 0 Å². The quantitative estimate of drug-likeness (QED) is 0.341. The van der Waals surface area contributed by atoms with E-state index in [0.29, 0.717) is 4.31 Å². The Hall–Kier alpha value is -3.14. The number of amides is 1. The van der Waals surface area contributed by atoms with Crippen LogP contribution in [0.15, 0.2) is 65.6 Å². The first-order valence-corrected chi connectivity index (χ1v) is 11.2. The average molecular weight is 495 g/mol. The highest BCUT2D eigenvalue weighted by molar-refractivity contribution is 7.93. The summed E-state index contributed by atoms with van der Waals surface area (Å²) in [5.74, 6) is -0.815. The number of hydrogen-bond donors (Lipinski definition) is 0. The van der Waals surface area contributed by atoms with Gasteiger partial charge in [-0.15, -0.1) is 0 Å². The summed E-state index contributed by atoms with van der Waals surface area (Å²) in [6, 6.07) is 13.0. The SMILES string of the molecule is COc1ccc(N(C(=O)c2cc([N+](=O)[O-])ccc2Cl)S(=O)(=O)c2ccc(C)cc2)cc1Cl. The summed E-state index contributed by atoms with van der Waals surface area (Å²) >= 11 is 12.3. The molecule has 0 saturated heterocycles. The largest absolute Gasteiger partial charge is 0.495 e. The fourth-order valence-electron chi connectivity index (χ4n) is 2.86. The molecule has 0 bridgehead atoms. The lowest BCUT2D eigenvalue weighted by Crippen LogP contribution is -2.37. The first-order valence-electron chi connectivity index (χ1n) is 9.00. The molecule has 3 aromatic carbocycles. The van der Waals surface area contributed by atoms with Gasteiger partial charge >= 0.3 is 0 Å². The molecule has 1 amide bonds. The Labute approximate surface area is 194 Å². The topological polar surface area (TPSA) is 107 Å². The van der Waals surface area contributed by atoms with E-state index in [-0.39, 0.29) is 31.9 Å². The number of halogens is 2. The number of rotatable bonds is 6. The lowest BCUT2D eigenvalue weighted by atomic mass is 10.2. The normalized spacial score (nSPS) is 11.1. The molecule has 0 aliphatic rings. The summed E-state index contributed by atoms with van der Waals surface area (Å²) in [5, 5.41) is 11.1. The smallest absolute Gasteiger partial charge is 0.274 e. The zero-order chi connectivity index (χ0) is 23.6. The number of hydrogen-bond acceptors (Lipinski definition) is 6. The molecule has 0 aliphatic heterocycles. The van der Waals surface area contributed by atoms with Crippen molar-refractivity contribution in [3.8, 4) is 5.75 Å². The molecular weight excluding hydrogens is 479 g/mol. The van der Waals surface area contributed by atoms with Crippen LogP contribution in [0.25, 0.3) is 0 Å². The van der Waals surface area contributed by atoms with E-state index < -0.39 is 26.5 Å². The molecule has 8 nitrogen and oxygen atoms in total. The fraction of sp³-hybridized carbons (Fsp3) is 0.0952. The first kappa shape index (κ1) is 23.5. The van der Waals surface area contributed by atoms with Gasteiger partial charge in [0.05, 0.1) is 38.2 Å². The average Bonchev–Trinajstić information content (AvgIpc) is 2.74. The molecule has 0 fully saturated rings. The Morgan fingerprint density at radius 3 is 2.22 bits per heavy atom. The number of nitro groups is 1. The second-order valence-electron chi connectivity index (χ2n) is 6.63. The third-order valence-corrected chi connectivity index (χ3v) is 6.85. The number of methoxy groups -OCH3 is 1. The fourth-order valence-corrected chi connectivity index (χ4v) is 4.71. The van der Waals surface area contributed by atoms with Gasteiger partial charge in [-0.1, -0.05) is 40.9 Å². The summed E-state index contributed by atoms with van der Waals surface area (Å²) in [4.78, 5) is 23.8. The van der Waals surface area contributed by atoms with Gasteiger partial charge in [-0.3, -0.25) is 14.9 Å². The van der Waals surface area contributed by atoms with Crippen molar-refractivity contribution in [2.45, 2.75) is 11.8 Å². The number of aryl methyl sites for hydroxylation is 1. The van der Waals surface area contributed by atoms with Gasteiger partial charge in [0.1, 0.15) is 5.75 Å². The van der Waals surface area contributed by atoms with E-state index in [0.717, 1.165) is 23.8 Å². The van der Waals surface area contributed by atoms with Gasteiger partial charge in [-0.2, -0.15) is 4.31 Å². The number of nitrogens with zero attached hydrogens (tertiary/aromatic N) is 2. The monoisotopic (exact) mass is 494 g/mol. The van der Waals surface area contributed by atoms with Crippen LogP contribution < -0.4 is 9.04 Å². The maximum atomic E-state index is 13.5. The highest BCUT2D eigenvalue weighted by Crippen LogP contribution is 2.34. The van der Waals surface area contributed by atoms with Crippen molar-refractivity contribution in [1.29, 1.82) is 0 Å². The molecule has 0 aliphatic carbocycles. The molecule has 0 N–H and O–H groups in total. The molecule has 11 heteroatoms. The lowest BCUT2D eigenvalue weighted by molar-refractivity contribution is -0.384. The highest BCUT2D eigenvalue weighted by atomic mass is 35.5. The zero-order valence-electron chi connectivity index (χ0n) is 16.8. The number of non-ortho nitro benzene ring substituents is 1. The van der Waals surface area contributed by atoms with Crippen molar-refractivity contribution in [3.05, 3.63) is 92.0 Å². The molecule has 0 heterocycles. The number of nitro benzene ring substituents is 1. The third-order valence-electron chi connectivity index (χ3n) is 4.50. The van der Waals surface area contributed by atoms with Gasteiger partial charge in [-0.25, -0.2) is 8.42 Å². The Balaban J connectivity index is 2.24. The molecule has 0 saturated carbocycles. The maximum Gasteiger partial charge on any atom is 0.274 e. The van der Waals surface area contributed by atoms with Crippen LogP contribution in [0, 0.1) is 17.0 Å². The van der Waals surface area contributed by atoms with Gasteiger partial charge in [-0.05, 0) is 43.3 Å². The second kappa shape index (κ2) is 9.15. The molecule has 0 atom stereocenters. The minimum absolute atomic E-state index is 0.0621. The highest BCUT2D eigenvalue weighted by Gasteiger charge is 2.34. The van der Waals surface area contributed by atoms with Gasteiger partial charge in [0.15, 0.2) is 0 Å². The number of carbonyl (C=O) groups excluding carboxylic acids is 1. The van der Waals surface area contributed by atoms with Crippen molar-refractivity contribution in [2.24, 2.45) is 0 Å². The predicted octanol–water partition coefficient (Wildman–Crippen LogP) is 5.25. The molecule has 0 aromatic heterocycles. The standard InChI is InChI=1S/C21H16Cl2N2O6S/c1-13-3-7-16(8-4-13)32(29,30)24(14-6-10-20(31-2)19(23)12-14)21(26)17-11-15(25(27)28)5-9-18(17)22/h3-12H,1-2H3. The molecule has 0 radical (unpaired) electrons. The number of sulfonamides is 1. The van der Waals surface area contributed by atoms with Crippen LogP contribution in [0.4, 0.5) is 11.4 Å². The minimum Gasteiger partial charge on any atom is -0.495 e. The van der Waals surface area contributed by atoms with Gasteiger partial charge < -0.3 is 4.74 Å². The van der Waals surface area contributed by atoms with Gasteiger partial charge in [0.2, 0.25) is 0 Å². The van der Waals surface area contributed by atoms with Crippen LogP contribution >= 0.6 is 23.2 Å². The van der Waals surface area contributed by atoms with E-state index in [4.69, 9.17) is 27.9 Å². The first-order chi connectivity index (χ1) is 15.1. The van der Waals surface area contributed by atoms with Crippen LogP contribution in [0.3, 0.4) is 0 Å². The summed E-state index contributed by atoms with van der Waals surface area (Å²) in [6.45, 7) is 1.78. The lowest BCUT2D eigenvalue weighted by Gasteiger charge is -2.24. The van der Waals surface area contributed by atoms with E-state index in [1.165, 1.54) is 37.4 Å². The van der Waals surface area contributed by atoms with E-state index in [1.807, 2.05) is 0 Å². The van der Waals surface area contributed by atoms with E-state index >= 15 is 0 Å². The van der Waals surface area contributed by atoms with Crippen molar-refractivity contribution in [2.75, 3.05) is 11.4 Å². The van der Waals surface area contributed by atoms with Gasteiger partial charge in [0, 0.05) is 12.1 Å². The second-order valence-corrected chi connectivity index (χ2v) is 9.23. The van der Waals surface area contributed by atoms with Crippen molar-refractivity contribution >= 4 is 50.5 Å². The Morgan fingerprint density at radius 1 is 1.00 bits per heavy atom. The maximum absolute atomic E-state index is 13.5. The zero-order valence-corrected chi connectivity index (χ0v) is 19.1. The summed E-state index contributed by atoms with van der Waals surface area (Å²) in [6.07, 6.45) is 0. The number of ether oxygens (including phenoxy) is 1. The number of anilines is 1. The molecular formula is C21H16Cl2N2O6S. The van der Waals surface area contributed by atoms with Crippen molar-refractivity contribution in [3.63, 3.8) is 0 Å². The summed E-state index contributed by atoms with van der Waals surface area (Å²) < 4.78 is 32.6. The predicted molar refractivity (Wildman–Crippen MR) is 121 cm³/mol. The molecule has 0 spiro atoms. The molecule has 3 rings (SSSR count). The molecule has 166 valence electrons. The van der Waals surface area contributed by atoms with E-state index in [9.17, 15) is 23.3 Å². The summed E-state index contributed by atoms with van der Waals surface area (Å²) in [7, 11) is -3.06. The number of benzene rings is 3. The van der Waals surface area contributed by atoms with Crippen LogP contribution in [0.1, 0.15) is 15.9 Å². The van der Waals surface area contributed by atoms with Crippen LogP contribution in [0.5, 0.6) is 5.75 Å². The van der Waals surface area contributed by atoms with Crippen LogP contribution in [-0.4, -0.2) is 26.4 Å². The van der Waals surface area contributed by atoms with Crippen LogP contribution in [0.2, 0.25) is 10.0 Å². The Kier molecular flexibility index (Phi) is 6.73. The van der Waals surface area contributed by atoms with Crippen LogP contribution in [-0.2, 0) is 10.0 Å². The molecule has 0 unspecified atom stereocenters. The molecule has 3 aromatic rings. The van der Waals surface area contributed by atoms with Gasteiger partial charge in [0.25, 0.3) is 21.6 Å². The van der Waals surface area contributed by atoms with E-state index in [1.54, 1.807) is 19.1 Å². The Bertz CT molecular complexity index is 1310. The van der Waals surface area contributed by atoms with E-state index in [2.05, 4.69) is 0 Å². The third kappa shape index (κ3) is 4.55. The summed E-state index contributed by atoms with van der Waals surface area (Å²) in [5.41, 5.74) is -0.0540. The number of carbonyl (C=O) groups is 1.